The van der Waals surface area contributed by atoms with E-state index < -0.39 is 18.0 Å². The van der Waals surface area contributed by atoms with Crippen LogP contribution in [0, 0.1) is 0 Å². The fourth-order valence-electron chi connectivity index (χ4n) is 1.76. The zero-order valence-electron chi connectivity index (χ0n) is 11.8. The van der Waals surface area contributed by atoms with Gasteiger partial charge in [-0.3, -0.25) is 0 Å². The predicted octanol–water partition coefficient (Wildman–Crippen LogP) is 2.35. The van der Waals surface area contributed by atoms with Crippen molar-refractivity contribution in [2.45, 2.75) is 13.0 Å². The summed E-state index contributed by atoms with van der Waals surface area (Å²) >= 11 is 0. The van der Waals surface area contributed by atoms with E-state index in [1.165, 1.54) is 20.1 Å². The highest BCUT2D eigenvalue weighted by atomic mass is 16.6. The number of rotatable bonds is 4. The van der Waals surface area contributed by atoms with Gasteiger partial charge in [0.25, 0.3) is 0 Å². The van der Waals surface area contributed by atoms with Crippen molar-refractivity contribution in [2.24, 2.45) is 0 Å². The molecule has 21 heavy (non-hydrogen) atoms. The second-order valence-corrected chi connectivity index (χ2v) is 4.36. The number of hydrogen-bond acceptors (Lipinski definition) is 5. The standard InChI is InChI=1S/C16H15NO4/c1-11(16(19)20-2)21-15(18)10-9-13-8-7-12-5-3-4-6-14(12)17-13/h3-11H,1-2H3. The third kappa shape index (κ3) is 3.89. The summed E-state index contributed by atoms with van der Waals surface area (Å²) in [7, 11) is 1.24. The zero-order chi connectivity index (χ0) is 15.2. The summed E-state index contributed by atoms with van der Waals surface area (Å²) in [6, 6.07) is 11.4. The molecule has 0 fully saturated rings. The summed E-state index contributed by atoms with van der Waals surface area (Å²) in [5, 5.41) is 1.02. The van der Waals surface area contributed by atoms with Crippen LogP contribution in [0.2, 0.25) is 0 Å². The van der Waals surface area contributed by atoms with Crippen molar-refractivity contribution >= 4 is 28.9 Å². The number of benzene rings is 1. The number of esters is 2. The Labute approximate surface area is 122 Å². The molecule has 0 saturated heterocycles. The van der Waals surface area contributed by atoms with Gasteiger partial charge in [0.2, 0.25) is 0 Å². The molecule has 1 unspecified atom stereocenters. The Bertz CT molecular complexity index is 693. The smallest absolute Gasteiger partial charge is 0.346 e. The lowest BCUT2D eigenvalue weighted by Gasteiger charge is -2.08. The minimum absolute atomic E-state index is 0.597. The van der Waals surface area contributed by atoms with Crippen LogP contribution in [0.5, 0.6) is 0 Å². The first-order valence-corrected chi connectivity index (χ1v) is 6.42. The number of methoxy groups -OCH3 is 1. The third-order valence-electron chi connectivity index (χ3n) is 2.84. The summed E-state index contributed by atoms with van der Waals surface area (Å²) in [6.45, 7) is 1.45. The number of fused-ring (bicyclic) bond motifs is 1. The second kappa shape index (κ2) is 6.65. The van der Waals surface area contributed by atoms with E-state index in [-0.39, 0.29) is 0 Å². The Morgan fingerprint density at radius 1 is 1.19 bits per heavy atom. The van der Waals surface area contributed by atoms with Gasteiger partial charge in [-0.05, 0) is 25.1 Å². The molecule has 108 valence electrons. The van der Waals surface area contributed by atoms with E-state index in [9.17, 15) is 9.59 Å². The Morgan fingerprint density at radius 2 is 1.95 bits per heavy atom. The Hall–Kier alpha value is -2.69. The van der Waals surface area contributed by atoms with Crippen LogP contribution in [0.1, 0.15) is 12.6 Å². The first kappa shape index (κ1) is 14.7. The molecule has 1 aromatic carbocycles. The molecule has 0 amide bonds. The average molecular weight is 285 g/mol. The van der Waals surface area contributed by atoms with Crippen LogP contribution >= 0.6 is 0 Å². The van der Waals surface area contributed by atoms with E-state index in [0.29, 0.717) is 5.69 Å². The van der Waals surface area contributed by atoms with Crippen LogP contribution in [-0.2, 0) is 19.1 Å². The molecule has 0 N–H and O–H groups in total. The van der Waals surface area contributed by atoms with Crippen LogP contribution in [0.15, 0.2) is 42.5 Å². The number of aromatic nitrogens is 1. The van der Waals surface area contributed by atoms with Crippen LogP contribution in [0.4, 0.5) is 0 Å². The molecule has 1 heterocycles. The molecular weight excluding hydrogens is 270 g/mol. The van der Waals surface area contributed by atoms with Gasteiger partial charge in [0.05, 0.1) is 18.3 Å². The second-order valence-electron chi connectivity index (χ2n) is 4.36. The van der Waals surface area contributed by atoms with Crippen LogP contribution in [0.3, 0.4) is 0 Å². The molecule has 5 heteroatoms. The molecule has 0 saturated carbocycles. The Morgan fingerprint density at radius 3 is 2.71 bits per heavy atom. The molecule has 0 spiro atoms. The molecule has 0 aliphatic heterocycles. The van der Waals surface area contributed by atoms with E-state index in [2.05, 4.69) is 9.72 Å². The van der Waals surface area contributed by atoms with Crippen LogP contribution in [-0.4, -0.2) is 30.1 Å². The van der Waals surface area contributed by atoms with E-state index in [1.54, 1.807) is 12.1 Å². The fraction of sp³-hybridized carbons (Fsp3) is 0.188. The van der Waals surface area contributed by atoms with E-state index in [0.717, 1.165) is 10.9 Å². The van der Waals surface area contributed by atoms with Crippen molar-refractivity contribution in [3.63, 3.8) is 0 Å². The van der Waals surface area contributed by atoms with E-state index >= 15 is 0 Å². The Kier molecular flexibility index (Phi) is 4.66. The number of nitrogens with zero attached hydrogens (tertiary/aromatic N) is 1. The molecular formula is C16H15NO4. The van der Waals surface area contributed by atoms with Gasteiger partial charge in [0.1, 0.15) is 0 Å². The Balaban J connectivity index is 2.05. The molecule has 0 bridgehead atoms. The highest BCUT2D eigenvalue weighted by Gasteiger charge is 2.16. The molecule has 1 atom stereocenters. The third-order valence-corrected chi connectivity index (χ3v) is 2.84. The number of para-hydroxylation sites is 1. The first-order chi connectivity index (χ1) is 10.1. The SMILES string of the molecule is COC(=O)C(C)OC(=O)C=Cc1ccc2ccccc2n1. The quantitative estimate of drug-likeness (QED) is 0.637. The summed E-state index contributed by atoms with van der Waals surface area (Å²) in [5.41, 5.74) is 1.48. The van der Waals surface area contributed by atoms with Gasteiger partial charge in [-0.1, -0.05) is 24.3 Å². The summed E-state index contributed by atoms with van der Waals surface area (Å²) in [5.74, 6) is -1.22. The highest BCUT2D eigenvalue weighted by molar-refractivity contribution is 5.89. The van der Waals surface area contributed by atoms with Gasteiger partial charge in [-0.15, -0.1) is 0 Å². The predicted molar refractivity (Wildman–Crippen MR) is 78.3 cm³/mol. The monoisotopic (exact) mass is 285 g/mol. The zero-order valence-corrected chi connectivity index (χ0v) is 11.8. The first-order valence-electron chi connectivity index (χ1n) is 6.42. The summed E-state index contributed by atoms with van der Waals surface area (Å²) in [4.78, 5) is 27.1. The molecule has 1 aromatic heterocycles. The van der Waals surface area contributed by atoms with Crippen molar-refractivity contribution in [3.8, 4) is 0 Å². The lowest BCUT2D eigenvalue weighted by Crippen LogP contribution is -2.24. The topological polar surface area (TPSA) is 65.5 Å². The van der Waals surface area contributed by atoms with Crippen molar-refractivity contribution < 1.29 is 19.1 Å². The minimum Gasteiger partial charge on any atom is -0.466 e. The highest BCUT2D eigenvalue weighted by Crippen LogP contribution is 2.12. The number of pyridine rings is 1. The van der Waals surface area contributed by atoms with Gasteiger partial charge >= 0.3 is 11.9 Å². The number of hydrogen-bond donors (Lipinski definition) is 0. The normalized spacial score (nSPS) is 12.3. The molecule has 0 aliphatic carbocycles. The number of carbonyl (C=O) groups is 2. The largest absolute Gasteiger partial charge is 0.466 e. The maximum Gasteiger partial charge on any atom is 0.346 e. The molecule has 0 aliphatic rings. The molecule has 2 aromatic rings. The lowest BCUT2D eigenvalue weighted by molar-refractivity contribution is -0.161. The van der Waals surface area contributed by atoms with Crippen molar-refractivity contribution in [3.05, 3.63) is 48.2 Å². The van der Waals surface area contributed by atoms with Gasteiger partial charge in [-0.2, -0.15) is 0 Å². The molecule has 5 nitrogen and oxygen atoms in total. The van der Waals surface area contributed by atoms with Gasteiger partial charge in [0, 0.05) is 11.5 Å². The van der Waals surface area contributed by atoms with Crippen molar-refractivity contribution in [1.29, 1.82) is 0 Å². The van der Waals surface area contributed by atoms with Gasteiger partial charge < -0.3 is 9.47 Å². The molecule has 0 radical (unpaired) electrons. The van der Waals surface area contributed by atoms with Crippen LogP contribution < -0.4 is 0 Å². The maximum absolute atomic E-state index is 11.6. The van der Waals surface area contributed by atoms with Gasteiger partial charge in [-0.25, -0.2) is 14.6 Å². The summed E-state index contributed by atoms with van der Waals surface area (Å²) < 4.78 is 9.36. The van der Waals surface area contributed by atoms with Crippen LogP contribution in [0.25, 0.3) is 17.0 Å². The lowest BCUT2D eigenvalue weighted by atomic mass is 10.2. The molecule has 2 rings (SSSR count). The minimum atomic E-state index is -0.934. The summed E-state index contributed by atoms with van der Waals surface area (Å²) in [6.07, 6.45) is 1.84. The number of carbonyl (C=O) groups excluding carboxylic acids is 2. The van der Waals surface area contributed by atoms with Crippen molar-refractivity contribution in [2.75, 3.05) is 7.11 Å². The van der Waals surface area contributed by atoms with E-state index in [1.807, 2.05) is 30.3 Å². The fourth-order valence-corrected chi connectivity index (χ4v) is 1.76. The van der Waals surface area contributed by atoms with E-state index in [4.69, 9.17) is 4.74 Å². The average Bonchev–Trinajstić information content (AvgIpc) is 2.51. The van der Waals surface area contributed by atoms with Gasteiger partial charge in [0.15, 0.2) is 6.10 Å². The van der Waals surface area contributed by atoms with Crippen molar-refractivity contribution in [1.82, 2.24) is 4.98 Å². The maximum atomic E-state index is 11.6. The number of ether oxygens (including phenoxy) is 2.